The maximum absolute atomic E-state index is 11.2. The summed E-state index contributed by atoms with van der Waals surface area (Å²) < 4.78 is 34.2. The number of hydrogen-bond acceptors (Lipinski definition) is 4. The second-order valence-corrected chi connectivity index (χ2v) is 1.71. The maximum atomic E-state index is 11.2. The zero-order valence-corrected chi connectivity index (χ0v) is 9.07. The van der Waals surface area contributed by atoms with Crippen molar-refractivity contribution in [1.82, 2.24) is 0 Å². The van der Waals surface area contributed by atoms with Gasteiger partial charge in [0, 0.05) is 6.61 Å². The van der Waals surface area contributed by atoms with Gasteiger partial charge in [0.05, 0.1) is 17.7 Å². The minimum Gasteiger partial charge on any atom is -0.424 e. The second-order valence-electron chi connectivity index (χ2n) is 1.07. The largest absolute Gasteiger partial charge is 1.00 e. The minimum atomic E-state index is -2.48. The van der Waals surface area contributed by atoms with Crippen LogP contribution in [-0.2, 0) is 23.6 Å². The topological polar surface area (TPSA) is 43.4 Å². The summed E-state index contributed by atoms with van der Waals surface area (Å²) in [5, 5.41) is 0. The molecule has 0 atom stereocenters. The maximum Gasteiger partial charge on any atom is 1.00 e. The van der Waals surface area contributed by atoms with Crippen molar-refractivity contribution in [3.05, 3.63) is 0 Å². The molecule has 0 spiro atoms. The van der Waals surface area contributed by atoms with Crippen LogP contribution in [0, 0.1) is 0 Å². The molecule has 0 aliphatic heterocycles. The Morgan fingerprint density at radius 2 is 2.00 bits per heavy atom. The molecule has 0 saturated heterocycles. The van der Waals surface area contributed by atoms with Crippen LogP contribution in [0.4, 0.5) is 4.39 Å². The van der Waals surface area contributed by atoms with E-state index in [0.29, 0.717) is 0 Å². The average Bonchev–Trinajstić information content (AvgIpc) is 1.66. The van der Waals surface area contributed by atoms with Crippen molar-refractivity contribution in [3.63, 3.8) is 0 Å². The van der Waals surface area contributed by atoms with Crippen molar-refractivity contribution >= 4 is 11.0 Å². The van der Waals surface area contributed by atoms with Gasteiger partial charge in [-0.25, -0.2) is 0 Å². The van der Waals surface area contributed by atoms with Gasteiger partial charge in [-0.3, -0.25) is 4.39 Å². The molecule has 0 aromatic carbocycles. The first kappa shape index (κ1) is 13.1. The first-order valence-corrected chi connectivity index (χ1v) is 3.06. The molecule has 0 aliphatic rings. The normalized spacial score (nSPS) is 9.11. The summed E-state index contributed by atoms with van der Waals surface area (Å²) in [6.07, 6.45) is 0.133. The van der Waals surface area contributed by atoms with Crippen LogP contribution in [0.25, 0.3) is 0 Å². The van der Waals surface area contributed by atoms with Gasteiger partial charge < -0.3 is 12.6 Å². The standard InChI is InChI=1S/C3H6FO3S.K/c4-2-1-3-7-8(5)6;/h1-3H2;/q-1;+1. The molecule has 0 N–H and O–H groups in total. The number of rotatable bonds is 4. The Morgan fingerprint density at radius 3 is 2.33 bits per heavy atom. The summed E-state index contributed by atoms with van der Waals surface area (Å²) in [5.74, 6) is 0. The van der Waals surface area contributed by atoms with E-state index >= 15 is 0 Å². The molecule has 0 aromatic heterocycles. The molecule has 0 rings (SSSR count). The third kappa shape index (κ3) is 12.6. The Bertz CT molecular complexity index is 108. The van der Waals surface area contributed by atoms with Crippen LogP contribution in [0.15, 0.2) is 0 Å². The van der Waals surface area contributed by atoms with Crippen LogP contribution < -0.4 is 51.4 Å². The van der Waals surface area contributed by atoms with Gasteiger partial charge in [0.15, 0.2) is 0 Å². The van der Waals surface area contributed by atoms with Crippen LogP contribution in [0.5, 0.6) is 0 Å². The predicted octanol–water partition coefficient (Wildman–Crippen LogP) is -2.41. The van der Waals surface area contributed by atoms with Crippen LogP contribution in [0.2, 0.25) is 0 Å². The van der Waals surface area contributed by atoms with Gasteiger partial charge in [0.1, 0.15) is 0 Å². The van der Waals surface area contributed by atoms with Crippen molar-refractivity contribution < 1.29 is 68.4 Å². The zero-order chi connectivity index (χ0) is 6.41. The Labute approximate surface area is 97.5 Å². The fourth-order valence-corrected chi connectivity index (χ4v) is 0.435. The Balaban J connectivity index is 0. The summed E-state index contributed by atoms with van der Waals surface area (Å²) in [4.78, 5) is 0. The van der Waals surface area contributed by atoms with Crippen LogP contribution in [0.1, 0.15) is 6.42 Å². The van der Waals surface area contributed by atoms with Crippen LogP contribution in [0.3, 0.4) is 0 Å². The van der Waals surface area contributed by atoms with Crippen LogP contribution in [-0.4, -0.2) is 13.3 Å². The first-order chi connectivity index (χ1) is 3.77. The zero-order valence-electron chi connectivity index (χ0n) is 5.13. The molecule has 9 heavy (non-hydrogen) atoms. The van der Waals surface area contributed by atoms with E-state index in [9.17, 15) is 12.8 Å². The monoisotopic (exact) mass is 180 g/mol. The van der Waals surface area contributed by atoms with Crippen molar-refractivity contribution in [1.29, 1.82) is 0 Å². The quantitative estimate of drug-likeness (QED) is 0.275. The summed E-state index contributed by atoms with van der Waals surface area (Å²) in [7, 11) is -2.48. The van der Waals surface area contributed by atoms with E-state index in [-0.39, 0.29) is 64.4 Å². The predicted molar refractivity (Wildman–Crippen MR) is 25.3 cm³/mol. The smallest absolute Gasteiger partial charge is 0.424 e. The Kier molecular flexibility index (Phi) is 13.8. The molecule has 0 aliphatic carbocycles. The molecular weight excluding hydrogens is 174 g/mol. The third-order valence-corrected chi connectivity index (χ3v) is 0.817. The Morgan fingerprint density at radius 1 is 1.44 bits per heavy atom. The summed E-state index contributed by atoms with van der Waals surface area (Å²) in [6, 6.07) is 0. The fourth-order valence-electron chi connectivity index (χ4n) is 0.182. The van der Waals surface area contributed by atoms with Gasteiger partial charge in [-0.2, -0.15) is 0 Å². The number of alkyl halides is 1. The van der Waals surface area contributed by atoms with E-state index in [1.807, 2.05) is 0 Å². The molecule has 0 saturated carbocycles. The summed E-state index contributed by atoms with van der Waals surface area (Å²) in [6.45, 7) is -0.607. The van der Waals surface area contributed by atoms with E-state index in [0.717, 1.165) is 0 Å². The summed E-state index contributed by atoms with van der Waals surface area (Å²) >= 11 is 0. The van der Waals surface area contributed by atoms with Crippen molar-refractivity contribution in [2.45, 2.75) is 6.42 Å². The van der Waals surface area contributed by atoms with Gasteiger partial charge >= 0.3 is 51.4 Å². The molecular formula is C3H6FKO3S. The molecule has 0 bridgehead atoms. The molecule has 50 valence electrons. The van der Waals surface area contributed by atoms with E-state index < -0.39 is 17.7 Å². The molecule has 0 amide bonds. The van der Waals surface area contributed by atoms with E-state index in [1.165, 1.54) is 0 Å². The van der Waals surface area contributed by atoms with Gasteiger partial charge in [0.2, 0.25) is 0 Å². The Hall–Kier alpha value is 1.48. The van der Waals surface area contributed by atoms with E-state index in [1.54, 1.807) is 0 Å². The number of hydrogen-bond donors (Lipinski definition) is 0. The van der Waals surface area contributed by atoms with Crippen molar-refractivity contribution in [2.24, 2.45) is 0 Å². The minimum absolute atomic E-state index is 0. The van der Waals surface area contributed by atoms with Crippen molar-refractivity contribution in [3.8, 4) is 0 Å². The van der Waals surface area contributed by atoms with Gasteiger partial charge in [-0.15, -0.1) is 0 Å². The molecule has 3 nitrogen and oxygen atoms in total. The first-order valence-electron chi connectivity index (χ1n) is 2.06. The molecule has 0 aromatic rings. The third-order valence-electron chi connectivity index (χ3n) is 0.458. The van der Waals surface area contributed by atoms with E-state index in [4.69, 9.17) is 0 Å². The van der Waals surface area contributed by atoms with Gasteiger partial charge in [-0.05, 0) is 6.42 Å². The van der Waals surface area contributed by atoms with E-state index in [2.05, 4.69) is 4.18 Å². The molecule has 0 unspecified atom stereocenters. The van der Waals surface area contributed by atoms with Gasteiger partial charge in [0.25, 0.3) is 0 Å². The SMILES string of the molecule is O=[S-](=O)OCCCF.[K+]. The molecule has 0 radical (unpaired) electrons. The summed E-state index contributed by atoms with van der Waals surface area (Å²) in [5.41, 5.74) is 0. The number of halogens is 1. The molecule has 0 fully saturated rings. The fraction of sp³-hybridized carbons (Fsp3) is 1.00. The second kappa shape index (κ2) is 9.48. The molecule has 0 heterocycles. The van der Waals surface area contributed by atoms with Crippen LogP contribution >= 0.6 is 0 Å². The van der Waals surface area contributed by atoms with Gasteiger partial charge in [-0.1, -0.05) is 0 Å². The molecule has 6 heteroatoms. The average molecular weight is 180 g/mol. The van der Waals surface area contributed by atoms with Crippen molar-refractivity contribution in [2.75, 3.05) is 13.3 Å².